The smallest absolute Gasteiger partial charge is 0.126 e. The molecule has 1 saturated carbocycles. The Morgan fingerprint density at radius 1 is 1.37 bits per heavy atom. The van der Waals surface area contributed by atoms with E-state index in [1.807, 2.05) is 12.1 Å². The van der Waals surface area contributed by atoms with Crippen LogP contribution in [0.1, 0.15) is 31.7 Å². The van der Waals surface area contributed by atoms with E-state index < -0.39 is 0 Å². The first-order chi connectivity index (χ1) is 9.26. The van der Waals surface area contributed by atoms with E-state index in [4.69, 9.17) is 4.74 Å². The van der Waals surface area contributed by atoms with E-state index in [1.54, 1.807) is 13.2 Å². The summed E-state index contributed by atoms with van der Waals surface area (Å²) in [6.45, 7) is 3.10. The molecule has 1 aliphatic rings. The highest BCUT2D eigenvalue weighted by Gasteiger charge is 2.36. The molecule has 0 amide bonds. The second-order valence-corrected chi connectivity index (χ2v) is 5.39. The SMILES string of the molecule is CCCNC(Cc1ccccc1F)C(OC)C1CC1. The standard InChI is InChI=1S/C16H24FNO/c1-3-10-18-15(16(19-2)12-8-9-12)11-13-6-4-5-7-14(13)17/h4-7,12,15-16,18H,3,8-11H2,1-2H3. The first-order valence-electron chi connectivity index (χ1n) is 7.25. The van der Waals surface area contributed by atoms with Crippen LogP contribution >= 0.6 is 0 Å². The van der Waals surface area contributed by atoms with Crippen molar-refractivity contribution < 1.29 is 9.13 Å². The number of ether oxygens (including phenoxy) is 1. The average Bonchev–Trinajstić information content (AvgIpc) is 3.23. The molecule has 1 aliphatic carbocycles. The quantitative estimate of drug-likeness (QED) is 0.779. The third-order valence-corrected chi connectivity index (χ3v) is 3.81. The van der Waals surface area contributed by atoms with Gasteiger partial charge in [0.2, 0.25) is 0 Å². The highest BCUT2D eigenvalue weighted by atomic mass is 19.1. The van der Waals surface area contributed by atoms with Crippen LogP contribution in [0.15, 0.2) is 24.3 Å². The number of hydrogen-bond acceptors (Lipinski definition) is 2. The Balaban J connectivity index is 2.06. The summed E-state index contributed by atoms with van der Waals surface area (Å²) < 4.78 is 19.4. The van der Waals surface area contributed by atoms with Crippen LogP contribution in [-0.4, -0.2) is 25.8 Å². The Kier molecular flexibility index (Phi) is 5.34. The first-order valence-corrected chi connectivity index (χ1v) is 7.25. The Morgan fingerprint density at radius 3 is 2.68 bits per heavy atom. The number of halogens is 1. The van der Waals surface area contributed by atoms with Gasteiger partial charge in [0.15, 0.2) is 0 Å². The van der Waals surface area contributed by atoms with Crippen LogP contribution in [-0.2, 0) is 11.2 Å². The van der Waals surface area contributed by atoms with E-state index in [9.17, 15) is 4.39 Å². The molecule has 106 valence electrons. The van der Waals surface area contributed by atoms with Crippen LogP contribution in [0.2, 0.25) is 0 Å². The Labute approximate surface area is 115 Å². The van der Waals surface area contributed by atoms with Crippen LogP contribution in [0.5, 0.6) is 0 Å². The largest absolute Gasteiger partial charge is 0.380 e. The van der Waals surface area contributed by atoms with E-state index in [1.165, 1.54) is 18.9 Å². The molecular formula is C16H24FNO. The van der Waals surface area contributed by atoms with Crippen molar-refractivity contribution in [3.8, 4) is 0 Å². The lowest BCUT2D eigenvalue weighted by Crippen LogP contribution is -2.44. The van der Waals surface area contributed by atoms with Gasteiger partial charge >= 0.3 is 0 Å². The molecule has 1 fully saturated rings. The van der Waals surface area contributed by atoms with Crippen LogP contribution in [0.4, 0.5) is 4.39 Å². The normalized spacial score (nSPS) is 18.3. The summed E-state index contributed by atoms with van der Waals surface area (Å²) >= 11 is 0. The van der Waals surface area contributed by atoms with Crippen LogP contribution in [0, 0.1) is 11.7 Å². The van der Waals surface area contributed by atoms with Gasteiger partial charge < -0.3 is 10.1 Å². The molecular weight excluding hydrogens is 241 g/mol. The molecule has 2 unspecified atom stereocenters. The predicted octanol–water partition coefficient (Wildman–Crippen LogP) is 3.16. The molecule has 1 aromatic rings. The minimum absolute atomic E-state index is 0.114. The predicted molar refractivity (Wildman–Crippen MR) is 75.7 cm³/mol. The maximum absolute atomic E-state index is 13.8. The third-order valence-electron chi connectivity index (χ3n) is 3.81. The van der Waals surface area contributed by atoms with Crippen molar-refractivity contribution in [2.45, 2.75) is 44.8 Å². The molecule has 2 nitrogen and oxygen atoms in total. The second kappa shape index (κ2) is 7.01. The fraction of sp³-hybridized carbons (Fsp3) is 0.625. The fourth-order valence-corrected chi connectivity index (χ4v) is 2.65. The van der Waals surface area contributed by atoms with Crippen molar-refractivity contribution in [3.05, 3.63) is 35.6 Å². The van der Waals surface area contributed by atoms with Crippen LogP contribution in [0.3, 0.4) is 0 Å². The summed E-state index contributed by atoms with van der Waals surface area (Å²) in [4.78, 5) is 0. The Hall–Kier alpha value is -0.930. The lowest BCUT2D eigenvalue weighted by molar-refractivity contribution is 0.0509. The molecule has 0 heterocycles. The lowest BCUT2D eigenvalue weighted by Gasteiger charge is -2.27. The zero-order valence-corrected chi connectivity index (χ0v) is 11.9. The number of hydrogen-bond donors (Lipinski definition) is 1. The maximum atomic E-state index is 13.8. The van der Waals surface area contributed by atoms with E-state index in [-0.39, 0.29) is 18.0 Å². The lowest BCUT2D eigenvalue weighted by atomic mass is 9.97. The van der Waals surface area contributed by atoms with E-state index in [0.29, 0.717) is 12.3 Å². The monoisotopic (exact) mass is 265 g/mol. The number of nitrogens with one attached hydrogen (secondary N) is 1. The Morgan fingerprint density at radius 2 is 2.11 bits per heavy atom. The van der Waals surface area contributed by atoms with Crippen molar-refractivity contribution in [2.75, 3.05) is 13.7 Å². The molecule has 0 bridgehead atoms. The minimum atomic E-state index is -0.114. The summed E-state index contributed by atoms with van der Waals surface area (Å²) in [6, 6.07) is 7.24. The number of methoxy groups -OCH3 is 1. The van der Waals surface area contributed by atoms with E-state index >= 15 is 0 Å². The van der Waals surface area contributed by atoms with Gasteiger partial charge in [0.1, 0.15) is 5.82 Å². The topological polar surface area (TPSA) is 21.3 Å². The highest BCUT2D eigenvalue weighted by molar-refractivity contribution is 5.19. The van der Waals surface area contributed by atoms with Crippen molar-refractivity contribution in [1.82, 2.24) is 5.32 Å². The maximum Gasteiger partial charge on any atom is 0.126 e. The van der Waals surface area contributed by atoms with Crippen LogP contribution in [0.25, 0.3) is 0 Å². The molecule has 3 heteroatoms. The fourth-order valence-electron chi connectivity index (χ4n) is 2.65. The number of rotatable bonds is 8. The molecule has 0 saturated heterocycles. The molecule has 19 heavy (non-hydrogen) atoms. The molecule has 0 aliphatic heterocycles. The highest BCUT2D eigenvalue weighted by Crippen LogP contribution is 2.36. The van der Waals surface area contributed by atoms with Gasteiger partial charge in [-0.2, -0.15) is 0 Å². The van der Waals surface area contributed by atoms with Gasteiger partial charge in [-0.3, -0.25) is 0 Å². The van der Waals surface area contributed by atoms with Gasteiger partial charge in [-0.1, -0.05) is 25.1 Å². The molecule has 0 radical (unpaired) electrons. The summed E-state index contributed by atoms with van der Waals surface area (Å²) in [5, 5.41) is 3.53. The molecule has 0 spiro atoms. The van der Waals surface area contributed by atoms with Gasteiger partial charge in [-0.25, -0.2) is 4.39 Å². The van der Waals surface area contributed by atoms with Gasteiger partial charge in [-0.15, -0.1) is 0 Å². The van der Waals surface area contributed by atoms with Gasteiger partial charge in [0.05, 0.1) is 6.10 Å². The number of benzene rings is 1. The van der Waals surface area contributed by atoms with E-state index in [2.05, 4.69) is 12.2 Å². The van der Waals surface area contributed by atoms with Crippen LogP contribution < -0.4 is 5.32 Å². The van der Waals surface area contributed by atoms with Crippen molar-refractivity contribution in [1.29, 1.82) is 0 Å². The molecule has 2 rings (SSSR count). The molecule has 1 aromatic carbocycles. The zero-order valence-electron chi connectivity index (χ0n) is 11.9. The third kappa shape index (κ3) is 4.02. The van der Waals surface area contributed by atoms with E-state index in [0.717, 1.165) is 18.5 Å². The molecule has 2 atom stereocenters. The Bertz CT molecular complexity index is 392. The molecule has 1 N–H and O–H groups in total. The minimum Gasteiger partial charge on any atom is -0.380 e. The molecule has 0 aromatic heterocycles. The first kappa shape index (κ1) is 14.5. The summed E-state index contributed by atoms with van der Waals surface area (Å²) in [6.07, 6.45) is 4.45. The zero-order chi connectivity index (χ0) is 13.7. The second-order valence-electron chi connectivity index (χ2n) is 5.39. The summed E-state index contributed by atoms with van der Waals surface area (Å²) in [5.41, 5.74) is 0.777. The van der Waals surface area contributed by atoms with Crippen molar-refractivity contribution in [3.63, 3.8) is 0 Å². The van der Waals surface area contributed by atoms with Crippen molar-refractivity contribution >= 4 is 0 Å². The van der Waals surface area contributed by atoms with Gasteiger partial charge in [0, 0.05) is 13.2 Å². The van der Waals surface area contributed by atoms with Gasteiger partial charge in [-0.05, 0) is 49.8 Å². The summed E-state index contributed by atoms with van der Waals surface area (Å²) in [7, 11) is 1.77. The van der Waals surface area contributed by atoms with Crippen molar-refractivity contribution in [2.24, 2.45) is 5.92 Å². The average molecular weight is 265 g/mol. The summed E-state index contributed by atoms with van der Waals surface area (Å²) in [5.74, 6) is 0.530. The van der Waals surface area contributed by atoms with Gasteiger partial charge in [0.25, 0.3) is 0 Å².